The van der Waals surface area contributed by atoms with E-state index in [1.165, 1.54) is 40.7 Å². The number of hydrogen-bond donors (Lipinski definition) is 0. The lowest BCUT2D eigenvalue weighted by atomic mass is 10.1. The minimum Gasteiger partial charge on any atom is -0.0776 e. The first-order valence-electron chi connectivity index (χ1n) is 9.88. The van der Waals surface area contributed by atoms with Crippen LogP contribution >= 0.6 is 0 Å². The van der Waals surface area contributed by atoms with Crippen molar-refractivity contribution >= 4 is 12.2 Å². The molecule has 0 heterocycles. The molecule has 0 fully saturated rings. The van der Waals surface area contributed by atoms with Crippen molar-refractivity contribution in [3.63, 3.8) is 0 Å². The van der Waals surface area contributed by atoms with Gasteiger partial charge in [0.15, 0.2) is 0 Å². The Labute approximate surface area is 165 Å². The number of aryl methyl sites for hydroxylation is 3. The molecule has 2 aromatic rings. The quantitative estimate of drug-likeness (QED) is 0.480. The van der Waals surface area contributed by atoms with E-state index in [9.17, 15) is 0 Å². The second kappa shape index (κ2) is 19.5. The van der Waals surface area contributed by atoms with Gasteiger partial charge in [-0.1, -0.05) is 122 Å². The van der Waals surface area contributed by atoms with E-state index < -0.39 is 0 Å². The molecule has 0 heteroatoms. The van der Waals surface area contributed by atoms with Gasteiger partial charge in [-0.2, -0.15) is 0 Å². The molecule has 0 saturated heterocycles. The maximum atomic E-state index is 2.22. The second-order valence-corrected chi connectivity index (χ2v) is 5.59. The zero-order chi connectivity index (χ0) is 19.7. The molecule has 0 saturated carbocycles. The van der Waals surface area contributed by atoms with Gasteiger partial charge in [0.1, 0.15) is 0 Å². The number of unbranched alkanes of at least 4 members (excludes halogenated alkanes) is 1. The van der Waals surface area contributed by atoms with E-state index in [0.717, 1.165) is 0 Å². The van der Waals surface area contributed by atoms with E-state index in [2.05, 4.69) is 89.2 Å². The van der Waals surface area contributed by atoms with Crippen LogP contribution < -0.4 is 0 Å². The first-order valence-corrected chi connectivity index (χ1v) is 9.88. The Morgan fingerprint density at radius 1 is 0.615 bits per heavy atom. The van der Waals surface area contributed by atoms with Gasteiger partial charge in [0.25, 0.3) is 0 Å². The topological polar surface area (TPSA) is 0 Å². The van der Waals surface area contributed by atoms with Gasteiger partial charge >= 0.3 is 0 Å². The Kier molecular flexibility index (Phi) is 21.7. The van der Waals surface area contributed by atoms with Gasteiger partial charge in [0, 0.05) is 0 Å². The molecule has 2 rings (SSSR count). The molecule has 0 N–H and O–H groups in total. The summed E-state index contributed by atoms with van der Waals surface area (Å²) < 4.78 is 0. The maximum absolute atomic E-state index is 2.22. The summed E-state index contributed by atoms with van der Waals surface area (Å²) in [5, 5.41) is 0. The normalized spacial score (nSPS) is 8.81. The molecule has 0 aliphatic carbocycles. The fourth-order valence-corrected chi connectivity index (χ4v) is 1.74. The number of rotatable bonds is 3. The largest absolute Gasteiger partial charge is 0.0776 e. The zero-order valence-electron chi connectivity index (χ0n) is 18.1. The van der Waals surface area contributed by atoms with Gasteiger partial charge < -0.3 is 0 Å². The highest BCUT2D eigenvalue weighted by atomic mass is 14.0. The fraction of sp³-hybridized carbons (Fsp3) is 0.462. The van der Waals surface area contributed by atoms with Crippen LogP contribution in [0.3, 0.4) is 0 Å². The molecule has 0 nitrogen and oxygen atoms in total. The minimum absolute atomic E-state index is 0. The van der Waals surface area contributed by atoms with Crippen LogP contribution in [0.15, 0.2) is 42.5 Å². The highest BCUT2D eigenvalue weighted by Crippen LogP contribution is 2.13. The Morgan fingerprint density at radius 3 is 1.46 bits per heavy atom. The van der Waals surface area contributed by atoms with Crippen molar-refractivity contribution in [2.24, 2.45) is 0 Å². The van der Waals surface area contributed by atoms with Gasteiger partial charge in [0.05, 0.1) is 0 Å². The summed E-state index contributed by atoms with van der Waals surface area (Å²) in [6.07, 6.45) is 6.96. The van der Waals surface area contributed by atoms with E-state index >= 15 is 0 Å². The average molecular weight is 357 g/mol. The van der Waals surface area contributed by atoms with Crippen molar-refractivity contribution in [3.05, 3.63) is 70.3 Å². The van der Waals surface area contributed by atoms with Gasteiger partial charge in [0.2, 0.25) is 0 Å². The van der Waals surface area contributed by atoms with Gasteiger partial charge in [-0.05, 0) is 43.0 Å². The molecule has 0 unspecified atom stereocenters. The summed E-state index contributed by atoms with van der Waals surface area (Å²) in [6, 6.07) is 15.1. The van der Waals surface area contributed by atoms with E-state index in [1.54, 1.807) is 0 Å². The monoisotopic (exact) mass is 356 g/mol. The molecular weight excluding hydrogens is 312 g/mol. The molecule has 26 heavy (non-hydrogen) atoms. The molecule has 0 spiro atoms. The summed E-state index contributed by atoms with van der Waals surface area (Å²) in [6.45, 7) is 18.8. The number of benzene rings is 2. The summed E-state index contributed by atoms with van der Waals surface area (Å²) in [5.41, 5.74) is 6.49. The predicted molar refractivity (Wildman–Crippen MR) is 126 cm³/mol. The summed E-state index contributed by atoms with van der Waals surface area (Å²) in [4.78, 5) is 0. The van der Waals surface area contributed by atoms with Crippen LogP contribution in [-0.2, 0) is 0 Å². The van der Waals surface area contributed by atoms with Crippen molar-refractivity contribution in [1.82, 2.24) is 0 Å². The van der Waals surface area contributed by atoms with Crippen LogP contribution in [0, 0.1) is 20.8 Å². The minimum atomic E-state index is 0. The van der Waals surface area contributed by atoms with Crippen LogP contribution in [0.25, 0.3) is 12.2 Å². The third-order valence-electron chi connectivity index (χ3n) is 3.58. The van der Waals surface area contributed by atoms with Crippen LogP contribution in [0.2, 0.25) is 0 Å². The lowest BCUT2D eigenvalue weighted by Crippen LogP contribution is -1.81. The maximum Gasteiger partial charge on any atom is -0.0254 e. The third kappa shape index (κ3) is 13.5. The zero-order valence-corrected chi connectivity index (χ0v) is 18.1. The highest BCUT2D eigenvalue weighted by Gasteiger charge is 1.93. The molecule has 0 radical (unpaired) electrons. The highest BCUT2D eigenvalue weighted by molar-refractivity contribution is 5.70. The smallest absolute Gasteiger partial charge is 0.0254 e. The SMILES string of the molecule is C.CC.CC.CCCC.Cc1ccc(/C=C/c2ccc(C)c(C)c2)cc1. The predicted octanol–water partition coefficient (Wildman–Crippen LogP) is 9.28. The molecule has 0 aromatic heterocycles. The standard InChI is InChI=1S/C17H18.C4H10.2C2H6.CH4/c1-13-4-7-16(8-5-13)10-11-17-9-6-14(2)15(3)12-17;1-3-4-2;2*1-2;/h4-12H,1-3H3;3-4H2,1-2H3;2*1-2H3;1H4/b11-10+;;;;. The van der Waals surface area contributed by atoms with Gasteiger partial charge in [-0.15, -0.1) is 0 Å². The van der Waals surface area contributed by atoms with Gasteiger partial charge in [-0.3, -0.25) is 0 Å². The summed E-state index contributed by atoms with van der Waals surface area (Å²) in [5.74, 6) is 0. The van der Waals surface area contributed by atoms with Crippen LogP contribution in [-0.4, -0.2) is 0 Å². The molecule has 0 amide bonds. The van der Waals surface area contributed by atoms with Crippen LogP contribution in [0.4, 0.5) is 0 Å². The Hall–Kier alpha value is -1.82. The average Bonchev–Trinajstić information content (AvgIpc) is 2.67. The molecule has 0 aliphatic rings. The molecule has 0 atom stereocenters. The first kappa shape index (κ1) is 29.0. The first-order chi connectivity index (χ1) is 12.1. The summed E-state index contributed by atoms with van der Waals surface area (Å²) in [7, 11) is 0. The van der Waals surface area contributed by atoms with Crippen molar-refractivity contribution in [2.75, 3.05) is 0 Å². The van der Waals surface area contributed by atoms with E-state index in [0.29, 0.717) is 0 Å². The second-order valence-electron chi connectivity index (χ2n) is 5.59. The molecule has 2 aromatic carbocycles. The lowest BCUT2D eigenvalue weighted by molar-refractivity contribution is 0.886. The molecular formula is C26H44. The Balaban J connectivity index is -0.000000511. The summed E-state index contributed by atoms with van der Waals surface area (Å²) >= 11 is 0. The lowest BCUT2D eigenvalue weighted by Gasteiger charge is -2.01. The van der Waals surface area contributed by atoms with Crippen LogP contribution in [0.5, 0.6) is 0 Å². The number of hydrogen-bond acceptors (Lipinski definition) is 0. The fourth-order valence-electron chi connectivity index (χ4n) is 1.74. The van der Waals surface area contributed by atoms with Crippen molar-refractivity contribution in [3.8, 4) is 0 Å². The van der Waals surface area contributed by atoms with E-state index in [4.69, 9.17) is 0 Å². The van der Waals surface area contributed by atoms with Gasteiger partial charge in [-0.25, -0.2) is 0 Å². The Bertz CT molecular complexity index is 557. The third-order valence-corrected chi connectivity index (χ3v) is 3.58. The Morgan fingerprint density at radius 2 is 1.04 bits per heavy atom. The van der Waals surface area contributed by atoms with Crippen molar-refractivity contribution in [2.45, 2.75) is 82.6 Å². The van der Waals surface area contributed by atoms with E-state index in [-0.39, 0.29) is 7.43 Å². The van der Waals surface area contributed by atoms with Crippen molar-refractivity contribution in [1.29, 1.82) is 0 Å². The molecule has 0 bridgehead atoms. The molecule has 0 aliphatic heterocycles. The van der Waals surface area contributed by atoms with Crippen LogP contribution in [0.1, 0.15) is 89.6 Å². The van der Waals surface area contributed by atoms with Crippen molar-refractivity contribution < 1.29 is 0 Å². The van der Waals surface area contributed by atoms with E-state index in [1.807, 2.05) is 27.7 Å². The molecule has 148 valence electrons.